The minimum absolute atomic E-state index is 0.0714. The number of nitrogens with two attached hydrogens (primary N) is 1. The Kier molecular flexibility index (Phi) is 4.43. The van der Waals surface area contributed by atoms with Crippen molar-refractivity contribution >= 4 is 5.91 Å². The molecule has 0 radical (unpaired) electrons. The Morgan fingerprint density at radius 3 is 2.95 bits per heavy atom. The molecule has 0 aliphatic carbocycles. The second-order valence-corrected chi connectivity index (χ2v) is 5.25. The summed E-state index contributed by atoms with van der Waals surface area (Å²) in [6, 6.07) is 5.41. The van der Waals surface area contributed by atoms with Gasteiger partial charge in [0.15, 0.2) is 0 Å². The molecule has 2 rings (SSSR count). The first-order chi connectivity index (χ1) is 9.13. The fraction of sp³-hybridized carbons (Fsp3) is 0.533. The molecule has 4 nitrogen and oxygen atoms in total. The Hall–Kier alpha value is -1.55. The van der Waals surface area contributed by atoms with Gasteiger partial charge in [-0.25, -0.2) is 0 Å². The van der Waals surface area contributed by atoms with Gasteiger partial charge in [0.2, 0.25) is 0 Å². The SMILES string of the molecule is Cc1ccc(C(=O)N2CCCCC2CCN)c(O)c1. The second-order valence-electron chi connectivity index (χ2n) is 5.25. The Morgan fingerprint density at radius 2 is 2.26 bits per heavy atom. The third kappa shape index (κ3) is 3.07. The number of nitrogens with zero attached hydrogens (tertiary/aromatic N) is 1. The molecule has 1 aliphatic rings. The summed E-state index contributed by atoms with van der Waals surface area (Å²) in [4.78, 5) is 14.4. The van der Waals surface area contributed by atoms with E-state index in [1.807, 2.05) is 17.9 Å². The highest BCUT2D eigenvalue weighted by molar-refractivity contribution is 5.97. The van der Waals surface area contributed by atoms with E-state index in [0.717, 1.165) is 37.8 Å². The van der Waals surface area contributed by atoms with Crippen LogP contribution < -0.4 is 5.73 Å². The van der Waals surface area contributed by atoms with Gasteiger partial charge in [0.1, 0.15) is 5.75 Å². The smallest absolute Gasteiger partial charge is 0.257 e. The van der Waals surface area contributed by atoms with Crippen LogP contribution >= 0.6 is 0 Å². The number of carbonyl (C=O) groups is 1. The van der Waals surface area contributed by atoms with Gasteiger partial charge in [-0.15, -0.1) is 0 Å². The molecule has 0 spiro atoms. The summed E-state index contributed by atoms with van der Waals surface area (Å²) < 4.78 is 0. The minimum Gasteiger partial charge on any atom is -0.507 e. The third-order valence-electron chi connectivity index (χ3n) is 3.77. The zero-order chi connectivity index (χ0) is 13.8. The lowest BCUT2D eigenvalue weighted by molar-refractivity contribution is 0.0602. The summed E-state index contributed by atoms with van der Waals surface area (Å²) in [7, 11) is 0. The molecule has 1 aromatic rings. The van der Waals surface area contributed by atoms with Crippen molar-refractivity contribution in [1.82, 2.24) is 4.90 Å². The van der Waals surface area contributed by atoms with E-state index in [1.165, 1.54) is 0 Å². The lowest BCUT2D eigenvalue weighted by Crippen LogP contribution is -2.44. The number of hydrogen-bond donors (Lipinski definition) is 2. The van der Waals surface area contributed by atoms with Crippen molar-refractivity contribution in [2.75, 3.05) is 13.1 Å². The molecule has 1 heterocycles. The van der Waals surface area contributed by atoms with Gasteiger partial charge in [-0.05, 0) is 56.8 Å². The molecule has 1 atom stereocenters. The van der Waals surface area contributed by atoms with E-state index in [0.29, 0.717) is 12.1 Å². The quantitative estimate of drug-likeness (QED) is 0.876. The number of aryl methyl sites for hydroxylation is 1. The fourth-order valence-corrected chi connectivity index (χ4v) is 2.74. The van der Waals surface area contributed by atoms with E-state index in [2.05, 4.69) is 0 Å². The van der Waals surface area contributed by atoms with Crippen LogP contribution in [-0.2, 0) is 0 Å². The van der Waals surface area contributed by atoms with E-state index in [-0.39, 0.29) is 17.7 Å². The number of hydrogen-bond acceptors (Lipinski definition) is 3. The van der Waals surface area contributed by atoms with E-state index in [1.54, 1.807) is 12.1 Å². The average Bonchev–Trinajstić information content (AvgIpc) is 2.39. The molecular weight excluding hydrogens is 240 g/mol. The number of piperidine rings is 1. The summed E-state index contributed by atoms with van der Waals surface area (Å²) in [6.07, 6.45) is 4.02. The first-order valence-electron chi connectivity index (χ1n) is 6.94. The van der Waals surface area contributed by atoms with Crippen LogP contribution in [0.1, 0.15) is 41.6 Å². The molecule has 19 heavy (non-hydrogen) atoms. The molecule has 3 N–H and O–H groups in total. The van der Waals surface area contributed by atoms with Gasteiger partial charge in [0.25, 0.3) is 5.91 Å². The van der Waals surface area contributed by atoms with Crippen LogP contribution in [0.5, 0.6) is 5.75 Å². The Labute approximate surface area is 114 Å². The summed E-state index contributed by atoms with van der Waals surface area (Å²) >= 11 is 0. The molecular formula is C15H22N2O2. The van der Waals surface area contributed by atoms with Gasteiger partial charge in [-0.2, -0.15) is 0 Å². The molecule has 1 aromatic carbocycles. The van der Waals surface area contributed by atoms with Crippen LogP contribution in [0, 0.1) is 6.92 Å². The molecule has 1 aliphatic heterocycles. The highest BCUT2D eigenvalue weighted by atomic mass is 16.3. The predicted molar refractivity (Wildman–Crippen MR) is 75.2 cm³/mol. The van der Waals surface area contributed by atoms with E-state index >= 15 is 0 Å². The molecule has 104 valence electrons. The van der Waals surface area contributed by atoms with Crippen molar-refractivity contribution in [3.8, 4) is 5.75 Å². The van der Waals surface area contributed by atoms with E-state index < -0.39 is 0 Å². The number of carbonyl (C=O) groups excluding carboxylic acids is 1. The van der Waals surface area contributed by atoms with Crippen molar-refractivity contribution in [2.45, 2.75) is 38.6 Å². The Morgan fingerprint density at radius 1 is 1.47 bits per heavy atom. The predicted octanol–water partition coefficient (Wildman–Crippen LogP) is 2.04. The first-order valence-corrected chi connectivity index (χ1v) is 6.94. The summed E-state index contributed by atoms with van der Waals surface area (Å²) in [5.41, 5.74) is 6.97. The number of amides is 1. The number of aromatic hydroxyl groups is 1. The number of phenolic OH excluding ortho intramolecular Hbond substituents is 1. The van der Waals surface area contributed by atoms with Crippen molar-refractivity contribution < 1.29 is 9.90 Å². The van der Waals surface area contributed by atoms with Gasteiger partial charge >= 0.3 is 0 Å². The van der Waals surface area contributed by atoms with Crippen LogP contribution in [0.25, 0.3) is 0 Å². The lowest BCUT2D eigenvalue weighted by Gasteiger charge is -2.36. The highest BCUT2D eigenvalue weighted by Gasteiger charge is 2.28. The molecule has 4 heteroatoms. The molecule has 1 fully saturated rings. The van der Waals surface area contributed by atoms with E-state index in [4.69, 9.17) is 5.73 Å². The normalized spacial score (nSPS) is 19.5. The molecule has 0 bridgehead atoms. The topological polar surface area (TPSA) is 66.6 Å². The monoisotopic (exact) mass is 262 g/mol. The maximum absolute atomic E-state index is 12.5. The van der Waals surface area contributed by atoms with Crippen LogP contribution in [-0.4, -0.2) is 35.0 Å². The van der Waals surface area contributed by atoms with Gasteiger partial charge in [-0.1, -0.05) is 6.07 Å². The van der Waals surface area contributed by atoms with Gasteiger partial charge in [-0.3, -0.25) is 4.79 Å². The minimum atomic E-state index is -0.0735. The Bertz CT molecular complexity index is 457. The summed E-state index contributed by atoms with van der Waals surface area (Å²) in [6.45, 7) is 3.25. The van der Waals surface area contributed by atoms with Crippen molar-refractivity contribution in [1.29, 1.82) is 0 Å². The highest BCUT2D eigenvalue weighted by Crippen LogP contribution is 2.25. The molecule has 1 saturated heterocycles. The molecule has 1 unspecified atom stereocenters. The number of benzene rings is 1. The lowest BCUT2D eigenvalue weighted by atomic mass is 9.98. The number of likely N-dealkylation sites (tertiary alicyclic amines) is 1. The number of rotatable bonds is 3. The fourth-order valence-electron chi connectivity index (χ4n) is 2.74. The summed E-state index contributed by atoms with van der Waals surface area (Å²) in [5, 5.41) is 9.94. The molecule has 0 saturated carbocycles. The molecule has 0 aromatic heterocycles. The second kappa shape index (κ2) is 6.06. The van der Waals surface area contributed by atoms with Crippen LogP contribution in [0.15, 0.2) is 18.2 Å². The van der Waals surface area contributed by atoms with E-state index in [9.17, 15) is 9.90 Å². The third-order valence-corrected chi connectivity index (χ3v) is 3.77. The van der Waals surface area contributed by atoms with Crippen molar-refractivity contribution in [3.05, 3.63) is 29.3 Å². The van der Waals surface area contributed by atoms with Crippen LogP contribution in [0.4, 0.5) is 0 Å². The average molecular weight is 262 g/mol. The largest absolute Gasteiger partial charge is 0.507 e. The zero-order valence-corrected chi connectivity index (χ0v) is 11.4. The first kappa shape index (κ1) is 13.9. The zero-order valence-electron chi connectivity index (χ0n) is 11.4. The maximum Gasteiger partial charge on any atom is 0.257 e. The summed E-state index contributed by atoms with van der Waals surface area (Å²) in [5.74, 6) is -0.00211. The van der Waals surface area contributed by atoms with Crippen molar-refractivity contribution in [3.63, 3.8) is 0 Å². The maximum atomic E-state index is 12.5. The van der Waals surface area contributed by atoms with Crippen LogP contribution in [0.3, 0.4) is 0 Å². The standard InChI is InChI=1S/C15H22N2O2/c1-11-5-6-13(14(18)10-11)15(19)17-9-3-2-4-12(17)7-8-16/h5-6,10,12,18H,2-4,7-9,16H2,1H3. The Balaban J connectivity index is 2.21. The molecule has 1 amide bonds. The van der Waals surface area contributed by atoms with Crippen molar-refractivity contribution in [2.24, 2.45) is 5.73 Å². The van der Waals surface area contributed by atoms with Gasteiger partial charge in [0, 0.05) is 12.6 Å². The number of phenols is 1. The van der Waals surface area contributed by atoms with Gasteiger partial charge in [0.05, 0.1) is 5.56 Å². The van der Waals surface area contributed by atoms with Gasteiger partial charge < -0.3 is 15.7 Å². The van der Waals surface area contributed by atoms with Crippen LogP contribution in [0.2, 0.25) is 0 Å².